The van der Waals surface area contributed by atoms with E-state index in [2.05, 4.69) is 35.5 Å². The number of nitrogens with zero attached hydrogens (tertiary/aromatic N) is 1. The Bertz CT molecular complexity index is 675. The summed E-state index contributed by atoms with van der Waals surface area (Å²) in [6, 6.07) is 11.9. The molecule has 0 fully saturated rings. The molecular weight excluding hydrogens is 469 g/mol. The number of benzene rings is 1. The molecule has 28 heavy (non-hydrogen) atoms. The van der Waals surface area contributed by atoms with Gasteiger partial charge in [0.05, 0.1) is 12.9 Å². The van der Waals surface area contributed by atoms with Crippen LogP contribution in [0.2, 0.25) is 0 Å². The van der Waals surface area contributed by atoms with Crippen LogP contribution in [0.3, 0.4) is 0 Å². The van der Waals surface area contributed by atoms with Crippen molar-refractivity contribution in [1.82, 2.24) is 10.6 Å². The van der Waals surface area contributed by atoms with Crippen molar-refractivity contribution in [3.05, 3.63) is 54.0 Å². The first-order valence-electron chi connectivity index (χ1n) is 9.44. The quantitative estimate of drug-likeness (QED) is 0.209. The van der Waals surface area contributed by atoms with E-state index in [-0.39, 0.29) is 24.0 Å². The molecule has 0 aliphatic heterocycles. The summed E-state index contributed by atoms with van der Waals surface area (Å²) in [5, 5.41) is 6.63. The highest BCUT2D eigenvalue weighted by Gasteiger charge is 2.05. The molecule has 2 aromatic rings. The first kappa shape index (κ1) is 24.3. The number of ether oxygens (including phenoxy) is 2. The fraction of sp³-hybridized carbons (Fsp3) is 0.476. The van der Waals surface area contributed by atoms with E-state index < -0.39 is 0 Å². The van der Waals surface area contributed by atoms with E-state index in [4.69, 9.17) is 13.9 Å². The molecule has 0 aliphatic carbocycles. The monoisotopic (exact) mass is 501 g/mol. The lowest BCUT2D eigenvalue weighted by Crippen LogP contribution is -2.37. The number of hydrogen-bond acceptors (Lipinski definition) is 4. The molecule has 2 N–H and O–H groups in total. The second-order valence-corrected chi connectivity index (χ2v) is 6.65. The maximum absolute atomic E-state index is 5.90. The summed E-state index contributed by atoms with van der Waals surface area (Å²) >= 11 is 0. The molecule has 0 spiro atoms. The van der Waals surface area contributed by atoms with Gasteiger partial charge in [0.2, 0.25) is 0 Å². The standard InChI is InChI=1S/C21H31N3O3.HI/c1-17(2)15-27-20-10-5-4-8-18(20)14-24-21(22-3)23-11-7-12-25-16-19-9-6-13-26-19;/h4-6,8-10,13,17H,7,11-12,14-16H2,1-3H3,(H2,22,23,24);1H. The van der Waals surface area contributed by atoms with Gasteiger partial charge in [-0.1, -0.05) is 32.0 Å². The first-order valence-corrected chi connectivity index (χ1v) is 9.44. The molecule has 0 bridgehead atoms. The lowest BCUT2D eigenvalue weighted by Gasteiger charge is -2.15. The molecule has 0 amide bonds. The fourth-order valence-corrected chi connectivity index (χ4v) is 2.40. The van der Waals surface area contributed by atoms with Gasteiger partial charge in [0.15, 0.2) is 5.96 Å². The van der Waals surface area contributed by atoms with Crippen LogP contribution in [0.4, 0.5) is 0 Å². The van der Waals surface area contributed by atoms with Gasteiger partial charge in [0.25, 0.3) is 0 Å². The van der Waals surface area contributed by atoms with Crippen molar-refractivity contribution in [2.45, 2.75) is 33.4 Å². The molecule has 0 atom stereocenters. The van der Waals surface area contributed by atoms with Gasteiger partial charge in [0.1, 0.15) is 18.1 Å². The Kier molecular flexibility index (Phi) is 12.4. The Morgan fingerprint density at radius 1 is 1.14 bits per heavy atom. The van der Waals surface area contributed by atoms with Crippen LogP contribution in [0, 0.1) is 5.92 Å². The van der Waals surface area contributed by atoms with Crippen LogP contribution in [0.5, 0.6) is 5.75 Å². The molecule has 0 saturated heterocycles. The third-order valence-corrected chi connectivity index (χ3v) is 3.80. The summed E-state index contributed by atoms with van der Waals surface area (Å²) in [6.07, 6.45) is 2.54. The topological polar surface area (TPSA) is 68.0 Å². The number of guanidine groups is 1. The van der Waals surface area contributed by atoms with E-state index in [1.165, 1.54) is 0 Å². The third kappa shape index (κ3) is 9.45. The average molecular weight is 501 g/mol. The number of furan rings is 1. The maximum atomic E-state index is 5.90. The number of halogens is 1. The van der Waals surface area contributed by atoms with Crippen molar-refractivity contribution in [1.29, 1.82) is 0 Å². The van der Waals surface area contributed by atoms with Gasteiger partial charge >= 0.3 is 0 Å². The fourth-order valence-electron chi connectivity index (χ4n) is 2.40. The zero-order valence-corrected chi connectivity index (χ0v) is 19.3. The van der Waals surface area contributed by atoms with Crippen LogP contribution in [0.15, 0.2) is 52.1 Å². The van der Waals surface area contributed by atoms with Crippen LogP contribution in [-0.4, -0.2) is 32.8 Å². The molecule has 6 nitrogen and oxygen atoms in total. The largest absolute Gasteiger partial charge is 0.493 e. The van der Waals surface area contributed by atoms with Crippen molar-refractivity contribution in [2.24, 2.45) is 10.9 Å². The van der Waals surface area contributed by atoms with Crippen LogP contribution >= 0.6 is 24.0 Å². The Morgan fingerprint density at radius 3 is 2.68 bits per heavy atom. The molecule has 2 rings (SSSR count). The number of nitrogens with one attached hydrogen (secondary N) is 2. The normalized spacial score (nSPS) is 11.2. The minimum atomic E-state index is 0. The van der Waals surface area contributed by atoms with Crippen molar-refractivity contribution in [3.63, 3.8) is 0 Å². The van der Waals surface area contributed by atoms with Gasteiger partial charge in [-0.15, -0.1) is 24.0 Å². The summed E-state index contributed by atoms with van der Waals surface area (Å²) in [6.45, 7) is 7.61. The van der Waals surface area contributed by atoms with E-state index >= 15 is 0 Å². The maximum Gasteiger partial charge on any atom is 0.191 e. The summed E-state index contributed by atoms with van der Waals surface area (Å²) in [5.41, 5.74) is 1.11. The Morgan fingerprint density at radius 2 is 1.96 bits per heavy atom. The minimum Gasteiger partial charge on any atom is -0.493 e. The molecule has 1 heterocycles. The molecule has 1 aromatic heterocycles. The van der Waals surface area contributed by atoms with Crippen LogP contribution < -0.4 is 15.4 Å². The van der Waals surface area contributed by atoms with E-state index in [1.54, 1.807) is 13.3 Å². The molecule has 0 unspecified atom stereocenters. The molecular formula is C21H32IN3O3. The number of hydrogen-bond donors (Lipinski definition) is 2. The second kappa shape index (κ2) is 14.3. The summed E-state index contributed by atoms with van der Waals surface area (Å²) in [5.74, 6) is 3.02. The highest BCUT2D eigenvalue weighted by atomic mass is 127. The average Bonchev–Trinajstić information content (AvgIpc) is 3.19. The predicted molar refractivity (Wildman–Crippen MR) is 123 cm³/mol. The van der Waals surface area contributed by atoms with Gasteiger partial charge in [-0.25, -0.2) is 0 Å². The van der Waals surface area contributed by atoms with Gasteiger partial charge in [-0.05, 0) is 30.5 Å². The van der Waals surface area contributed by atoms with Crippen LogP contribution in [0.25, 0.3) is 0 Å². The van der Waals surface area contributed by atoms with Crippen LogP contribution in [-0.2, 0) is 17.9 Å². The molecule has 0 aliphatic rings. The zero-order valence-electron chi connectivity index (χ0n) is 16.9. The predicted octanol–water partition coefficient (Wildman–Crippen LogP) is 4.20. The van der Waals surface area contributed by atoms with E-state index in [0.29, 0.717) is 32.3 Å². The van der Waals surface area contributed by atoms with E-state index in [1.807, 2.05) is 30.3 Å². The van der Waals surface area contributed by atoms with Crippen molar-refractivity contribution in [3.8, 4) is 5.75 Å². The smallest absolute Gasteiger partial charge is 0.191 e. The van der Waals surface area contributed by atoms with E-state index in [9.17, 15) is 0 Å². The summed E-state index contributed by atoms with van der Waals surface area (Å²) < 4.78 is 16.7. The molecule has 1 aromatic carbocycles. The SMILES string of the molecule is CN=C(NCCCOCc1ccco1)NCc1ccccc1OCC(C)C.I. The summed E-state index contributed by atoms with van der Waals surface area (Å²) in [4.78, 5) is 4.26. The second-order valence-electron chi connectivity index (χ2n) is 6.65. The Balaban J connectivity index is 0.00000392. The lowest BCUT2D eigenvalue weighted by atomic mass is 10.2. The Hall–Kier alpha value is -1.74. The third-order valence-electron chi connectivity index (χ3n) is 3.80. The van der Waals surface area contributed by atoms with Gasteiger partial charge in [-0.3, -0.25) is 4.99 Å². The highest BCUT2D eigenvalue weighted by molar-refractivity contribution is 14.0. The van der Waals surface area contributed by atoms with Crippen molar-refractivity contribution in [2.75, 3.05) is 26.8 Å². The first-order chi connectivity index (χ1) is 13.2. The molecule has 156 valence electrons. The number of rotatable bonds is 11. The molecule has 7 heteroatoms. The van der Waals surface area contributed by atoms with Gasteiger partial charge in [0, 0.05) is 32.3 Å². The van der Waals surface area contributed by atoms with Crippen molar-refractivity contribution >= 4 is 29.9 Å². The molecule has 0 radical (unpaired) electrons. The van der Waals surface area contributed by atoms with Crippen molar-refractivity contribution < 1.29 is 13.9 Å². The Labute approximate surface area is 185 Å². The minimum absolute atomic E-state index is 0. The molecule has 0 saturated carbocycles. The van der Waals surface area contributed by atoms with Crippen LogP contribution in [0.1, 0.15) is 31.6 Å². The van der Waals surface area contributed by atoms with Gasteiger partial charge in [-0.2, -0.15) is 0 Å². The lowest BCUT2D eigenvalue weighted by molar-refractivity contribution is 0.105. The summed E-state index contributed by atoms with van der Waals surface area (Å²) in [7, 11) is 1.77. The number of aliphatic imine (C=N–C) groups is 1. The number of para-hydroxylation sites is 1. The highest BCUT2D eigenvalue weighted by Crippen LogP contribution is 2.18. The zero-order chi connectivity index (χ0) is 19.3. The van der Waals surface area contributed by atoms with E-state index in [0.717, 1.165) is 36.0 Å². The van der Waals surface area contributed by atoms with Gasteiger partial charge < -0.3 is 24.5 Å².